The number of rotatable bonds is 7. The van der Waals surface area contributed by atoms with Crippen LogP contribution >= 0.6 is 0 Å². The molecule has 1 aromatic rings. The van der Waals surface area contributed by atoms with Gasteiger partial charge in [0.15, 0.2) is 0 Å². The van der Waals surface area contributed by atoms with E-state index in [1.54, 1.807) is 25.6 Å². The molecule has 7 heteroatoms. The first-order chi connectivity index (χ1) is 9.04. The zero-order valence-corrected chi connectivity index (χ0v) is 11.2. The summed E-state index contributed by atoms with van der Waals surface area (Å²) in [6.07, 6.45) is 5.79. The van der Waals surface area contributed by atoms with E-state index in [1.807, 2.05) is 11.5 Å². The van der Waals surface area contributed by atoms with Gasteiger partial charge in [-0.15, -0.1) is 0 Å². The van der Waals surface area contributed by atoms with E-state index in [-0.39, 0.29) is 5.92 Å². The van der Waals surface area contributed by atoms with E-state index < -0.39 is 18.0 Å². The fraction of sp³-hybridized carbons (Fsp3) is 0.583. The summed E-state index contributed by atoms with van der Waals surface area (Å²) in [4.78, 5) is 26.5. The second-order valence-electron chi connectivity index (χ2n) is 4.40. The topological polar surface area (TPSA) is 96.3 Å². The van der Waals surface area contributed by atoms with Crippen molar-refractivity contribution < 1.29 is 14.7 Å². The van der Waals surface area contributed by atoms with Crippen molar-refractivity contribution in [3.8, 4) is 0 Å². The van der Waals surface area contributed by atoms with Crippen molar-refractivity contribution >= 4 is 12.0 Å². The molecule has 3 N–H and O–H groups in total. The maximum Gasteiger partial charge on any atom is 0.326 e. The van der Waals surface area contributed by atoms with Crippen LogP contribution in [-0.4, -0.2) is 39.2 Å². The molecule has 0 radical (unpaired) electrons. The second-order valence-corrected chi connectivity index (χ2v) is 4.40. The van der Waals surface area contributed by atoms with Gasteiger partial charge < -0.3 is 20.3 Å². The van der Waals surface area contributed by atoms with Crippen LogP contribution in [0.4, 0.5) is 4.79 Å². The monoisotopic (exact) mass is 268 g/mol. The molecule has 0 saturated heterocycles. The quantitative estimate of drug-likeness (QED) is 0.677. The third kappa shape index (κ3) is 4.99. The Morgan fingerprint density at radius 2 is 2.21 bits per heavy atom. The minimum atomic E-state index is -1.01. The summed E-state index contributed by atoms with van der Waals surface area (Å²) in [7, 11) is 0. The molecule has 2 unspecified atom stereocenters. The molecule has 1 rings (SSSR count). The average Bonchev–Trinajstić information content (AvgIpc) is 2.87. The molecule has 0 spiro atoms. The summed E-state index contributed by atoms with van der Waals surface area (Å²) in [6, 6.07) is -1.33. The SMILES string of the molecule is CCC(C)C(NC(=O)NCCn1ccnc1)C(=O)O. The fourth-order valence-electron chi connectivity index (χ4n) is 1.59. The van der Waals surface area contributed by atoms with Crippen molar-refractivity contribution in [2.75, 3.05) is 6.54 Å². The molecule has 0 aliphatic heterocycles. The smallest absolute Gasteiger partial charge is 0.326 e. The molecule has 0 aliphatic carbocycles. The van der Waals surface area contributed by atoms with Crippen LogP contribution in [0.15, 0.2) is 18.7 Å². The van der Waals surface area contributed by atoms with Gasteiger partial charge in [-0.3, -0.25) is 0 Å². The van der Waals surface area contributed by atoms with E-state index in [9.17, 15) is 9.59 Å². The number of carbonyl (C=O) groups excluding carboxylic acids is 1. The van der Waals surface area contributed by atoms with Crippen LogP contribution in [0.5, 0.6) is 0 Å². The second kappa shape index (κ2) is 7.40. The number of urea groups is 1. The summed E-state index contributed by atoms with van der Waals surface area (Å²) in [5, 5.41) is 14.1. The summed E-state index contributed by atoms with van der Waals surface area (Å²) in [5.41, 5.74) is 0. The van der Waals surface area contributed by atoms with Crippen molar-refractivity contribution in [3.63, 3.8) is 0 Å². The fourth-order valence-corrected chi connectivity index (χ4v) is 1.59. The Hall–Kier alpha value is -2.05. The van der Waals surface area contributed by atoms with E-state index in [0.717, 1.165) is 0 Å². The van der Waals surface area contributed by atoms with Crippen LogP contribution in [0.2, 0.25) is 0 Å². The maximum atomic E-state index is 11.6. The molecule has 0 aliphatic rings. The van der Waals surface area contributed by atoms with Gasteiger partial charge in [-0.05, 0) is 5.92 Å². The molecule has 0 saturated carbocycles. The highest BCUT2D eigenvalue weighted by Crippen LogP contribution is 2.07. The minimum Gasteiger partial charge on any atom is -0.480 e. The van der Waals surface area contributed by atoms with Crippen LogP contribution in [0.1, 0.15) is 20.3 Å². The number of hydrogen-bond acceptors (Lipinski definition) is 3. The first kappa shape index (κ1) is 15.0. The van der Waals surface area contributed by atoms with Crippen molar-refractivity contribution in [1.29, 1.82) is 0 Å². The number of carboxylic acid groups (broad SMARTS) is 1. The van der Waals surface area contributed by atoms with Gasteiger partial charge in [0.25, 0.3) is 0 Å². The van der Waals surface area contributed by atoms with Crippen molar-refractivity contribution in [2.45, 2.75) is 32.9 Å². The molecule has 0 aromatic carbocycles. The van der Waals surface area contributed by atoms with Crippen LogP contribution in [-0.2, 0) is 11.3 Å². The molecule has 7 nitrogen and oxygen atoms in total. The van der Waals surface area contributed by atoms with Crippen molar-refractivity contribution in [3.05, 3.63) is 18.7 Å². The zero-order valence-electron chi connectivity index (χ0n) is 11.2. The Bertz CT molecular complexity index is 405. The number of nitrogens with zero attached hydrogens (tertiary/aromatic N) is 2. The minimum absolute atomic E-state index is 0.114. The van der Waals surface area contributed by atoms with Gasteiger partial charge in [0.1, 0.15) is 6.04 Å². The van der Waals surface area contributed by atoms with E-state index in [4.69, 9.17) is 5.11 Å². The number of amides is 2. The summed E-state index contributed by atoms with van der Waals surface area (Å²) in [5.74, 6) is -1.13. The third-order valence-electron chi connectivity index (χ3n) is 2.98. The number of imidazole rings is 1. The molecular formula is C12H20N4O3. The number of carboxylic acids is 1. The summed E-state index contributed by atoms with van der Waals surface area (Å²) < 4.78 is 1.82. The Kier molecular flexibility index (Phi) is 5.84. The number of carbonyl (C=O) groups is 2. The largest absolute Gasteiger partial charge is 0.480 e. The lowest BCUT2D eigenvalue weighted by molar-refractivity contribution is -0.140. The average molecular weight is 268 g/mol. The van der Waals surface area contributed by atoms with E-state index in [2.05, 4.69) is 15.6 Å². The van der Waals surface area contributed by atoms with Crippen molar-refractivity contribution in [1.82, 2.24) is 20.2 Å². The Balaban J connectivity index is 2.34. The van der Waals surface area contributed by atoms with Gasteiger partial charge in [-0.2, -0.15) is 0 Å². The van der Waals surface area contributed by atoms with Gasteiger partial charge in [0.05, 0.1) is 6.33 Å². The van der Waals surface area contributed by atoms with Crippen LogP contribution < -0.4 is 10.6 Å². The lowest BCUT2D eigenvalue weighted by atomic mass is 9.99. The first-order valence-electron chi connectivity index (χ1n) is 6.27. The highest BCUT2D eigenvalue weighted by atomic mass is 16.4. The van der Waals surface area contributed by atoms with Gasteiger partial charge in [0, 0.05) is 25.5 Å². The van der Waals surface area contributed by atoms with E-state index in [1.165, 1.54) is 0 Å². The van der Waals surface area contributed by atoms with Gasteiger partial charge in [-0.1, -0.05) is 20.3 Å². The molecule has 0 bridgehead atoms. The number of aliphatic carboxylic acids is 1. The molecular weight excluding hydrogens is 248 g/mol. The molecule has 0 fully saturated rings. The highest BCUT2D eigenvalue weighted by molar-refractivity contribution is 5.82. The first-order valence-corrected chi connectivity index (χ1v) is 6.27. The molecule has 2 atom stereocenters. The molecule has 19 heavy (non-hydrogen) atoms. The normalized spacial score (nSPS) is 13.6. The third-order valence-corrected chi connectivity index (χ3v) is 2.98. The Morgan fingerprint density at radius 3 is 2.74 bits per heavy atom. The van der Waals surface area contributed by atoms with E-state index >= 15 is 0 Å². The zero-order chi connectivity index (χ0) is 14.3. The Morgan fingerprint density at radius 1 is 1.47 bits per heavy atom. The highest BCUT2D eigenvalue weighted by Gasteiger charge is 2.24. The summed E-state index contributed by atoms with van der Waals surface area (Å²) >= 11 is 0. The van der Waals surface area contributed by atoms with Crippen LogP contribution in [0, 0.1) is 5.92 Å². The number of aromatic nitrogens is 2. The predicted octanol–water partition coefficient (Wildman–Crippen LogP) is 0.682. The standard InChI is InChI=1S/C12H20N4O3/c1-3-9(2)10(11(17)18)15-12(19)14-5-7-16-6-4-13-8-16/h4,6,8-10H,3,5,7H2,1-2H3,(H,17,18)(H2,14,15,19). The molecule has 1 aromatic heterocycles. The maximum absolute atomic E-state index is 11.6. The predicted molar refractivity (Wildman–Crippen MR) is 69.6 cm³/mol. The van der Waals surface area contributed by atoms with Gasteiger partial charge >= 0.3 is 12.0 Å². The summed E-state index contributed by atoms with van der Waals surface area (Å²) in [6.45, 7) is 4.69. The van der Waals surface area contributed by atoms with Crippen molar-refractivity contribution in [2.24, 2.45) is 5.92 Å². The lowest BCUT2D eigenvalue weighted by Crippen LogP contribution is -2.49. The van der Waals surface area contributed by atoms with Crippen LogP contribution in [0.25, 0.3) is 0 Å². The Labute approximate surface area is 112 Å². The molecule has 106 valence electrons. The van der Waals surface area contributed by atoms with E-state index in [0.29, 0.717) is 19.5 Å². The van der Waals surface area contributed by atoms with Gasteiger partial charge in [-0.25, -0.2) is 14.6 Å². The van der Waals surface area contributed by atoms with Crippen LogP contribution in [0.3, 0.4) is 0 Å². The molecule has 2 amide bonds. The van der Waals surface area contributed by atoms with Gasteiger partial charge in [0.2, 0.25) is 0 Å². The lowest BCUT2D eigenvalue weighted by Gasteiger charge is -2.20. The molecule has 1 heterocycles. The number of nitrogens with one attached hydrogen (secondary N) is 2. The number of hydrogen-bond donors (Lipinski definition) is 3.